The molecule has 0 N–H and O–H groups in total. The van der Waals surface area contributed by atoms with E-state index >= 15 is 0 Å². The van der Waals surface area contributed by atoms with Gasteiger partial charge >= 0.3 is 0 Å². The third-order valence-corrected chi connectivity index (χ3v) is 6.70. The highest BCUT2D eigenvalue weighted by Gasteiger charge is 2.22. The highest BCUT2D eigenvalue weighted by molar-refractivity contribution is 7.22. The highest BCUT2D eigenvalue weighted by atomic mass is 32.1. The zero-order valence-corrected chi connectivity index (χ0v) is 21.1. The van der Waals surface area contributed by atoms with Gasteiger partial charge in [0.25, 0.3) is 0 Å². The monoisotopic (exact) mass is 478 g/mol. The molecule has 2 aromatic heterocycles. The Balaban J connectivity index is 1.65. The molecule has 2 heterocycles. The lowest BCUT2D eigenvalue weighted by atomic mass is 10.1. The standard InChI is InChI=1S/C26H30N4O3S/c1-6-33-22-8-7-9-23-25(22)27-26(34-23)29(12-13-30-19(4)15-18(3)28-30)24(31)16-20-10-11-21(32-5)17(2)14-20/h7-11,14-15H,6,12-13,16H2,1-5H3. The number of thiazole rings is 1. The summed E-state index contributed by atoms with van der Waals surface area (Å²) < 4.78 is 14.1. The fraction of sp³-hybridized carbons (Fsp3) is 0.346. The number of benzene rings is 2. The van der Waals surface area contributed by atoms with Gasteiger partial charge in [-0.05, 0) is 63.1 Å². The number of carbonyl (C=O) groups excluding carboxylic acids is 1. The van der Waals surface area contributed by atoms with E-state index in [1.807, 2.05) is 74.8 Å². The molecule has 34 heavy (non-hydrogen) atoms. The second-order valence-electron chi connectivity index (χ2n) is 8.21. The maximum Gasteiger partial charge on any atom is 0.233 e. The molecule has 0 saturated heterocycles. The molecule has 7 nitrogen and oxygen atoms in total. The lowest BCUT2D eigenvalue weighted by Gasteiger charge is -2.20. The van der Waals surface area contributed by atoms with Crippen LogP contribution in [0.25, 0.3) is 10.2 Å². The van der Waals surface area contributed by atoms with Crippen LogP contribution >= 0.6 is 11.3 Å². The molecule has 2 aromatic carbocycles. The Morgan fingerprint density at radius 2 is 1.94 bits per heavy atom. The summed E-state index contributed by atoms with van der Waals surface area (Å²) in [7, 11) is 1.65. The zero-order chi connectivity index (χ0) is 24.2. The third kappa shape index (κ3) is 5.07. The molecular weight excluding hydrogens is 448 g/mol. The van der Waals surface area contributed by atoms with E-state index < -0.39 is 0 Å². The van der Waals surface area contributed by atoms with Crippen molar-refractivity contribution in [1.82, 2.24) is 14.8 Å². The summed E-state index contributed by atoms with van der Waals surface area (Å²) in [6, 6.07) is 13.8. The normalized spacial score (nSPS) is 11.1. The first-order valence-electron chi connectivity index (χ1n) is 11.4. The maximum absolute atomic E-state index is 13.6. The number of hydrogen-bond donors (Lipinski definition) is 0. The number of fused-ring (bicyclic) bond motifs is 1. The van der Waals surface area contributed by atoms with Gasteiger partial charge in [-0.2, -0.15) is 5.10 Å². The lowest BCUT2D eigenvalue weighted by Crippen LogP contribution is -2.35. The second kappa shape index (κ2) is 10.3. The van der Waals surface area contributed by atoms with Gasteiger partial charge in [-0.1, -0.05) is 29.5 Å². The molecule has 0 fully saturated rings. The van der Waals surface area contributed by atoms with Crippen molar-refractivity contribution < 1.29 is 14.3 Å². The Morgan fingerprint density at radius 1 is 1.12 bits per heavy atom. The maximum atomic E-state index is 13.6. The number of amides is 1. The van der Waals surface area contributed by atoms with Crippen LogP contribution in [0.4, 0.5) is 5.13 Å². The molecule has 0 aliphatic carbocycles. The molecular formula is C26H30N4O3S. The molecule has 0 atom stereocenters. The number of carbonyl (C=O) groups is 1. The Labute approximate surface area is 203 Å². The summed E-state index contributed by atoms with van der Waals surface area (Å²) in [5, 5.41) is 5.22. The molecule has 0 saturated carbocycles. The van der Waals surface area contributed by atoms with Crippen LogP contribution in [-0.4, -0.2) is 40.9 Å². The summed E-state index contributed by atoms with van der Waals surface area (Å²) in [4.78, 5) is 20.2. The molecule has 0 aliphatic rings. The van der Waals surface area contributed by atoms with E-state index in [-0.39, 0.29) is 12.3 Å². The van der Waals surface area contributed by atoms with Crippen molar-refractivity contribution >= 4 is 32.6 Å². The number of rotatable bonds is 9. The molecule has 0 aliphatic heterocycles. The highest BCUT2D eigenvalue weighted by Crippen LogP contribution is 2.34. The van der Waals surface area contributed by atoms with Crippen LogP contribution in [0.15, 0.2) is 42.5 Å². The molecule has 8 heteroatoms. The Kier molecular flexibility index (Phi) is 7.17. The predicted molar refractivity (Wildman–Crippen MR) is 136 cm³/mol. The van der Waals surface area contributed by atoms with Gasteiger partial charge in [-0.15, -0.1) is 0 Å². The topological polar surface area (TPSA) is 69.5 Å². The largest absolute Gasteiger partial charge is 0.496 e. The van der Waals surface area contributed by atoms with E-state index in [0.717, 1.165) is 44.2 Å². The van der Waals surface area contributed by atoms with E-state index in [1.165, 1.54) is 11.3 Å². The van der Waals surface area contributed by atoms with Crippen LogP contribution in [-0.2, 0) is 17.8 Å². The van der Waals surface area contributed by atoms with Crippen LogP contribution in [0, 0.1) is 20.8 Å². The fourth-order valence-electron chi connectivity index (χ4n) is 4.04. The van der Waals surface area contributed by atoms with E-state index in [2.05, 4.69) is 5.10 Å². The van der Waals surface area contributed by atoms with E-state index in [9.17, 15) is 4.79 Å². The minimum absolute atomic E-state index is 0.0110. The SMILES string of the molecule is CCOc1cccc2sc(N(CCn3nc(C)cc3C)C(=O)Cc3ccc(OC)c(C)c3)nc12. The average Bonchev–Trinajstić information content (AvgIpc) is 3.37. The molecule has 0 bridgehead atoms. The summed E-state index contributed by atoms with van der Waals surface area (Å²) in [5.74, 6) is 1.54. The zero-order valence-electron chi connectivity index (χ0n) is 20.3. The predicted octanol–water partition coefficient (Wildman–Crippen LogP) is 5.10. The van der Waals surface area contributed by atoms with Gasteiger partial charge in [0.2, 0.25) is 5.91 Å². The number of hydrogen-bond acceptors (Lipinski definition) is 6. The number of para-hydroxylation sites is 1. The second-order valence-corrected chi connectivity index (χ2v) is 9.22. The van der Waals surface area contributed by atoms with Crippen molar-refractivity contribution in [2.24, 2.45) is 0 Å². The molecule has 4 rings (SSSR count). The summed E-state index contributed by atoms with van der Waals surface area (Å²) in [6.07, 6.45) is 0.274. The van der Waals surface area contributed by atoms with Crippen LogP contribution in [0.1, 0.15) is 29.4 Å². The number of methoxy groups -OCH3 is 1. The van der Waals surface area contributed by atoms with Gasteiger partial charge in [0.15, 0.2) is 5.13 Å². The fourth-order valence-corrected chi connectivity index (χ4v) is 5.07. The molecule has 4 aromatic rings. The average molecular weight is 479 g/mol. The van der Waals surface area contributed by atoms with Crippen molar-refractivity contribution in [3.63, 3.8) is 0 Å². The van der Waals surface area contributed by atoms with Gasteiger partial charge in [-0.3, -0.25) is 14.4 Å². The van der Waals surface area contributed by atoms with Crippen molar-refractivity contribution in [3.05, 3.63) is 65.0 Å². The number of aromatic nitrogens is 3. The van der Waals surface area contributed by atoms with Gasteiger partial charge in [-0.25, -0.2) is 4.98 Å². The number of aryl methyl sites for hydroxylation is 3. The Morgan fingerprint density at radius 3 is 2.62 bits per heavy atom. The van der Waals surface area contributed by atoms with Crippen molar-refractivity contribution in [2.75, 3.05) is 25.2 Å². The van der Waals surface area contributed by atoms with E-state index in [4.69, 9.17) is 14.5 Å². The van der Waals surface area contributed by atoms with Crippen molar-refractivity contribution in [2.45, 2.75) is 40.7 Å². The third-order valence-electron chi connectivity index (χ3n) is 5.66. The minimum Gasteiger partial charge on any atom is -0.496 e. The van der Waals surface area contributed by atoms with Crippen LogP contribution in [0.2, 0.25) is 0 Å². The Hall–Kier alpha value is -3.39. The number of ether oxygens (including phenoxy) is 2. The molecule has 178 valence electrons. The minimum atomic E-state index is -0.0110. The van der Waals surface area contributed by atoms with Gasteiger partial charge in [0.05, 0.1) is 37.1 Å². The van der Waals surface area contributed by atoms with Crippen LogP contribution in [0.5, 0.6) is 11.5 Å². The van der Waals surface area contributed by atoms with Crippen LogP contribution in [0.3, 0.4) is 0 Å². The first kappa shape index (κ1) is 23.8. The molecule has 0 spiro atoms. The summed E-state index contributed by atoms with van der Waals surface area (Å²) in [6.45, 7) is 9.55. The van der Waals surface area contributed by atoms with Gasteiger partial charge < -0.3 is 9.47 Å². The quantitative estimate of drug-likeness (QED) is 0.335. The van der Waals surface area contributed by atoms with Gasteiger partial charge in [0, 0.05) is 12.2 Å². The number of anilines is 1. The number of nitrogens with zero attached hydrogens (tertiary/aromatic N) is 4. The van der Waals surface area contributed by atoms with Crippen molar-refractivity contribution in [1.29, 1.82) is 0 Å². The summed E-state index contributed by atoms with van der Waals surface area (Å²) >= 11 is 1.50. The van der Waals surface area contributed by atoms with Crippen molar-refractivity contribution in [3.8, 4) is 11.5 Å². The van der Waals surface area contributed by atoms with E-state index in [0.29, 0.717) is 24.8 Å². The molecule has 0 radical (unpaired) electrons. The van der Waals surface area contributed by atoms with E-state index in [1.54, 1.807) is 12.0 Å². The summed E-state index contributed by atoms with van der Waals surface area (Å²) in [5.41, 5.74) is 4.76. The van der Waals surface area contributed by atoms with Crippen LogP contribution < -0.4 is 14.4 Å². The lowest BCUT2D eigenvalue weighted by molar-refractivity contribution is -0.118. The first-order chi connectivity index (χ1) is 16.4. The smallest absolute Gasteiger partial charge is 0.233 e. The molecule has 0 unspecified atom stereocenters. The Bertz CT molecular complexity index is 1310. The molecule has 1 amide bonds. The first-order valence-corrected chi connectivity index (χ1v) is 12.2. The van der Waals surface area contributed by atoms with Gasteiger partial charge in [0.1, 0.15) is 17.0 Å².